The van der Waals surface area contributed by atoms with Gasteiger partial charge in [0.2, 0.25) is 12.7 Å². The Morgan fingerprint density at radius 3 is 2.63 bits per heavy atom. The van der Waals surface area contributed by atoms with Gasteiger partial charge in [-0.1, -0.05) is 19.1 Å². The highest BCUT2D eigenvalue weighted by Crippen LogP contribution is 2.37. The molecule has 0 atom stereocenters. The molecule has 0 saturated heterocycles. The molecule has 1 N–H and O–H groups in total. The van der Waals surface area contributed by atoms with Crippen LogP contribution in [0.5, 0.6) is 11.5 Å². The number of hydrogen-bond acceptors (Lipinski definition) is 5. The highest BCUT2D eigenvalue weighted by atomic mass is 16.7. The van der Waals surface area contributed by atoms with Gasteiger partial charge in [0.15, 0.2) is 17.3 Å². The maximum atomic E-state index is 12.6. The van der Waals surface area contributed by atoms with Crippen molar-refractivity contribution < 1.29 is 23.5 Å². The van der Waals surface area contributed by atoms with Crippen molar-refractivity contribution in [3.05, 3.63) is 53.3 Å². The molecule has 0 bridgehead atoms. The molecule has 2 heterocycles. The van der Waals surface area contributed by atoms with E-state index in [1.165, 1.54) is 12.5 Å². The van der Waals surface area contributed by atoms with Gasteiger partial charge < -0.3 is 19.2 Å². The Kier molecular flexibility index (Phi) is 4.32. The number of nitrogens with one attached hydrogen (secondary N) is 1. The van der Waals surface area contributed by atoms with Crippen LogP contribution in [0.1, 0.15) is 35.3 Å². The first-order valence-corrected chi connectivity index (χ1v) is 8.78. The quantitative estimate of drug-likeness (QED) is 0.689. The second kappa shape index (κ2) is 6.79. The largest absolute Gasteiger partial charge is 0.464 e. The first-order chi connectivity index (χ1) is 13.0. The zero-order valence-corrected chi connectivity index (χ0v) is 15.1. The Hall–Kier alpha value is -3.28. The fourth-order valence-corrected chi connectivity index (χ4v) is 3.19. The molecule has 6 heteroatoms. The van der Waals surface area contributed by atoms with Crippen molar-refractivity contribution in [3.63, 3.8) is 0 Å². The van der Waals surface area contributed by atoms with E-state index in [-0.39, 0.29) is 24.9 Å². The van der Waals surface area contributed by atoms with Crippen LogP contribution in [0.2, 0.25) is 0 Å². The summed E-state index contributed by atoms with van der Waals surface area (Å²) >= 11 is 0. The van der Waals surface area contributed by atoms with Gasteiger partial charge in [-0.05, 0) is 31.0 Å². The second-order valence-corrected chi connectivity index (χ2v) is 6.48. The molecular formula is C21H19NO5. The molecule has 27 heavy (non-hydrogen) atoms. The fraction of sp³-hybridized carbons (Fsp3) is 0.238. The minimum atomic E-state index is -0.237. The first-order valence-electron chi connectivity index (χ1n) is 8.78. The standard InChI is InChI=1S/C21H19NO5/c1-3-13-4-5-15-14(10-25-18(15)6-13)7-21(24)22-17-9-20-19(26-11-27-20)8-16(17)12(2)23/h4-6,8-10H,3,7,11H2,1-2H3,(H,22,24). The van der Waals surface area contributed by atoms with E-state index < -0.39 is 0 Å². The van der Waals surface area contributed by atoms with Gasteiger partial charge in [0.25, 0.3) is 0 Å². The molecule has 0 saturated carbocycles. The molecule has 6 nitrogen and oxygen atoms in total. The lowest BCUT2D eigenvalue weighted by molar-refractivity contribution is -0.115. The van der Waals surface area contributed by atoms with E-state index in [0.717, 1.165) is 23.0 Å². The molecule has 0 fully saturated rings. The van der Waals surface area contributed by atoms with Crippen LogP contribution >= 0.6 is 0 Å². The van der Waals surface area contributed by atoms with Gasteiger partial charge in [-0.25, -0.2) is 0 Å². The average molecular weight is 365 g/mol. The number of ketones is 1. The van der Waals surface area contributed by atoms with Gasteiger partial charge >= 0.3 is 0 Å². The Labute approximate surface area is 156 Å². The molecule has 3 aromatic rings. The minimum absolute atomic E-state index is 0.102. The van der Waals surface area contributed by atoms with Gasteiger partial charge in [-0.3, -0.25) is 9.59 Å². The van der Waals surface area contributed by atoms with Gasteiger partial charge in [0, 0.05) is 22.6 Å². The first kappa shape index (κ1) is 17.1. The summed E-state index contributed by atoms with van der Waals surface area (Å²) in [7, 11) is 0. The predicted molar refractivity (Wildman–Crippen MR) is 100 cm³/mol. The SMILES string of the molecule is CCc1ccc2c(CC(=O)Nc3cc4c(cc3C(C)=O)OCO4)coc2c1. The number of carbonyl (C=O) groups excluding carboxylic acids is 2. The van der Waals surface area contributed by atoms with E-state index in [9.17, 15) is 9.59 Å². The van der Waals surface area contributed by atoms with Gasteiger partial charge in [-0.15, -0.1) is 0 Å². The lowest BCUT2D eigenvalue weighted by atomic mass is 10.1. The number of aryl methyl sites for hydroxylation is 1. The summed E-state index contributed by atoms with van der Waals surface area (Å²) in [6, 6.07) is 9.22. The number of amides is 1. The van der Waals surface area contributed by atoms with Crippen molar-refractivity contribution in [2.45, 2.75) is 26.7 Å². The molecule has 0 radical (unpaired) electrons. The van der Waals surface area contributed by atoms with Crippen LogP contribution in [0.25, 0.3) is 11.0 Å². The average Bonchev–Trinajstić information content (AvgIpc) is 3.26. The number of ether oxygens (including phenoxy) is 2. The maximum absolute atomic E-state index is 12.6. The van der Waals surface area contributed by atoms with Crippen LogP contribution in [-0.2, 0) is 17.6 Å². The lowest BCUT2D eigenvalue weighted by Gasteiger charge is -2.10. The molecule has 1 amide bonds. The molecule has 0 spiro atoms. The summed E-state index contributed by atoms with van der Waals surface area (Å²) < 4.78 is 16.2. The highest BCUT2D eigenvalue weighted by Gasteiger charge is 2.21. The van der Waals surface area contributed by atoms with E-state index in [0.29, 0.717) is 22.7 Å². The van der Waals surface area contributed by atoms with Crippen molar-refractivity contribution in [1.29, 1.82) is 0 Å². The summed E-state index contributed by atoms with van der Waals surface area (Å²) in [6.07, 6.45) is 2.67. The third-order valence-corrected chi connectivity index (χ3v) is 4.65. The predicted octanol–water partition coefficient (Wildman–Crippen LogP) is 4.11. The minimum Gasteiger partial charge on any atom is -0.464 e. The third-order valence-electron chi connectivity index (χ3n) is 4.65. The Morgan fingerprint density at radius 1 is 1.11 bits per heavy atom. The normalized spacial score (nSPS) is 12.4. The maximum Gasteiger partial charge on any atom is 0.231 e. The van der Waals surface area contributed by atoms with Crippen molar-refractivity contribution in [2.75, 3.05) is 12.1 Å². The second-order valence-electron chi connectivity index (χ2n) is 6.48. The van der Waals surface area contributed by atoms with Crippen LogP contribution in [0.4, 0.5) is 5.69 Å². The highest BCUT2D eigenvalue weighted by molar-refractivity contribution is 6.05. The van der Waals surface area contributed by atoms with Gasteiger partial charge in [-0.2, -0.15) is 0 Å². The number of carbonyl (C=O) groups is 2. The zero-order valence-electron chi connectivity index (χ0n) is 15.1. The lowest BCUT2D eigenvalue weighted by Crippen LogP contribution is -2.16. The molecule has 0 aliphatic carbocycles. The molecule has 2 aromatic carbocycles. The monoisotopic (exact) mass is 365 g/mol. The molecular weight excluding hydrogens is 346 g/mol. The summed E-state index contributed by atoms with van der Waals surface area (Å²) in [4.78, 5) is 24.5. The summed E-state index contributed by atoms with van der Waals surface area (Å²) in [5, 5.41) is 3.73. The van der Waals surface area contributed by atoms with E-state index in [4.69, 9.17) is 13.9 Å². The van der Waals surface area contributed by atoms with Crippen molar-refractivity contribution >= 4 is 28.3 Å². The Bertz CT molecular complexity index is 1050. The van der Waals surface area contributed by atoms with E-state index in [2.05, 4.69) is 12.2 Å². The number of hydrogen-bond donors (Lipinski definition) is 1. The summed E-state index contributed by atoms with van der Waals surface area (Å²) in [5.41, 5.74) is 3.55. The van der Waals surface area contributed by atoms with Crippen molar-refractivity contribution in [1.82, 2.24) is 0 Å². The Morgan fingerprint density at radius 2 is 1.89 bits per heavy atom. The third kappa shape index (κ3) is 3.26. The van der Waals surface area contributed by atoms with E-state index >= 15 is 0 Å². The van der Waals surface area contributed by atoms with Crippen LogP contribution in [0.15, 0.2) is 41.0 Å². The topological polar surface area (TPSA) is 77.8 Å². The van der Waals surface area contributed by atoms with Crippen LogP contribution in [0, 0.1) is 0 Å². The molecule has 138 valence electrons. The number of anilines is 1. The Balaban J connectivity index is 1.57. The van der Waals surface area contributed by atoms with E-state index in [1.54, 1.807) is 18.4 Å². The fourth-order valence-electron chi connectivity index (χ4n) is 3.19. The van der Waals surface area contributed by atoms with Crippen molar-refractivity contribution in [3.8, 4) is 11.5 Å². The summed E-state index contributed by atoms with van der Waals surface area (Å²) in [6.45, 7) is 3.63. The molecule has 4 rings (SSSR count). The van der Waals surface area contributed by atoms with E-state index in [1.807, 2.05) is 18.2 Å². The van der Waals surface area contributed by atoms with Crippen LogP contribution < -0.4 is 14.8 Å². The van der Waals surface area contributed by atoms with Crippen LogP contribution in [-0.4, -0.2) is 18.5 Å². The van der Waals surface area contributed by atoms with Gasteiger partial charge in [0.1, 0.15) is 5.58 Å². The zero-order chi connectivity index (χ0) is 19.0. The smallest absolute Gasteiger partial charge is 0.231 e. The number of benzene rings is 2. The number of rotatable bonds is 5. The van der Waals surface area contributed by atoms with Crippen molar-refractivity contribution in [2.24, 2.45) is 0 Å². The molecule has 0 unspecified atom stereocenters. The molecule has 1 aromatic heterocycles. The number of Topliss-reactive ketones (excluding diaryl/α,β-unsaturated/α-hetero) is 1. The van der Waals surface area contributed by atoms with Crippen LogP contribution in [0.3, 0.4) is 0 Å². The number of furan rings is 1. The summed E-state index contributed by atoms with van der Waals surface area (Å²) in [5.74, 6) is 0.616. The molecule has 1 aliphatic rings. The number of fused-ring (bicyclic) bond motifs is 2. The van der Waals surface area contributed by atoms with Gasteiger partial charge in [0.05, 0.1) is 18.4 Å². The molecule has 1 aliphatic heterocycles.